The Hall–Kier alpha value is -2.53. The first-order valence-electron chi connectivity index (χ1n) is 7.10. The number of rotatable bonds is 7. The summed E-state index contributed by atoms with van der Waals surface area (Å²) in [5.74, 6) is 1.01. The van der Waals surface area contributed by atoms with Gasteiger partial charge in [0.15, 0.2) is 6.61 Å². The van der Waals surface area contributed by atoms with Crippen LogP contribution >= 0.6 is 11.6 Å². The number of halogens is 1. The molecule has 0 spiro atoms. The van der Waals surface area contributed by atoms with Gasteiger partial charge in [-0.1, -0.05) is 23.7 Å². The lowest BCUT2D eigenvalue weighted by Crippen LogP contribution is -2.24. The Balaban J connectivity index is 1.75. The number of hydrogen-bond acceptors (Lipinski definition) is 4. The minimum atomic E-state index is -0.343. The van der Waals surface area contributed by atoms with E-state index in [1.807, 2.05) is 6.92 Å². The van der Waals surface area contributed by atoms with E-state index in [0.717, 1.165) is 11.3 Å². The van der Waals surface area contributed by atoms with Crippen molar-refractivity contribution in [1.29, 1.82) is 0 Å². The van der Waals surface area contributed by atoms with Crippen LogP contribution in [0.5, 0.6) is 11.5 Å². The molecule has 23 heavy (non-hydrogen) atoms. The molecule has 120 valence electrons. The van der Waals surface area contributed by atoms with E-state index in [-0.39, 0.29) is 12.5 Å². The van der Waals surface area contributed by atoms with E-state index in [2.05, 4.69) is 10.5 Å². The van der Waals surface area contributed by atoms with Crippen LogP contribution in [0, 0.1) is 0 Å². The number of hydrogen-bond donors (Lipinski definition) is 1. The molecule has 5 nitrogen and oxygen atoms in total. The molecular weight excluding hydrogens is 316 g/mol. The van der Waals surface area contributed by atoms with Gasteiger partial charge in [0.1, 0.15) is 11.5 Å². The van der Waals surface area contributed by atoms with Gasteiger partial charge in [0, 0.05) is 5.02 Å². The standard InChI is InChI=1S/C17H17ClN2O3/c1-2-22-15-7-9-16(10-8-15)23-12-17(21)20-19-11-13-3-5-14(18)6-4-13/h3-11H,2,12H2,1H3,(H,20,21)/b19-11-. The molecule has 0 aliphatic carbocycles. The maximum Gasteiger partial charge on any atom is 0.277 e. The van der Waals surface area contributed by atoms with Crippen LogP contribution in [-0.4, -0.2) is 25.3 Å². The number of benzene rings is 2. The fourth-order valence-corrected chi connectivity index (χ4v) is 1.83. The Morgan fingerprint density at radius 2 is 1.70 bits per heavy atom. The lowest BCUT2D eigenvalue weighted by molar-refractivity contribution is -0.123. The Kier molecular flexibility index (Phi) is 6.44. The van der Waals surface area contributed by atoms with Crippen LogP contribution in [-0.2, 0) is 4.79 Å². The number of ether oxygens (including phenoxy) is 2. The van der Waals surface area contributed by atoms with Crippen molar-refractivity contribution in [2.24, 2.45) is 5.10 Å². The van der Waals surface area contributed by atoms with E-state index < -0.39 is 0 Å². The summed E-state index contributed by atoms with van der Waals surface area (Å²) < 4.78 is 10.7. The molecule has 6 heteroatoms. The molecule has 0 bridgehead atoms. The summed E-state index contributed by atoms with van der Waals surface area (Å²) in [6.07, 6.45) is 1.53. The van der Waals surface area contributed by atoms with Crippen molar-refractivity contribution in [2.75, 3.05) is 13.2 Å². The molecular formula is C17H17ClN2O3. The highest BCUT2D eigenvalue weighted by Crippen LogP contribution is 2.17. The predicted octanol–water partition coefficient (Wildman–Crippen LogP) is 3.27. The van der Waals surface area contributed by atoms with E-state index in [1.54, 1.807) is 48.5 Å². The highest BCUT2D eigenvalue weighted by Gasteiger charge is 2.01. The van der Waals surface area contributed by atoms with E-state index >= 15 is 0 Å². The second kappa shape index (κ2) is 8.80. The summed E-state index contributed by atoms with van der Waals surface area (Å²) in [4.78, 5) is 11.6. The largest absolute Gasteiger partial charge is 0.494 e. The van der Waals surface area contributed by atoms with Gasteiger partial charge in [-0.3, -0.25) is 4.79 Å². The molecule has 1 N–H and O–H groups in total. The van der Waals surface area contributed by atoms with E-state index in [4.69, 9.17) is 21.1 Å². The third-order valence-electron chi connectivity index (χ3n) is 2.78. The fraction of sp³-hybridized carbons (Fsp3) is 0.176. The number of hydrazone groups is 1. The molecule has 0 unspecified atom stereocenters. The molecule has 2 aromatic carbocycles. The first-order valence-corrected chi connectivity index (χ1v) is 7.48. The van der Waals surface area contributed by atoms with Gasteiger partial charge in [0.25, 0.3) is 5.91 Å². The number of amides is 1. The molecule has 0 fully saturated rings. The Labute approximate surface area is 139 Å². The summed E-state index contributed by atoms with van der Waals surface area (Å²) >= 11 is 5.78. The van der Waals surface area contributed by atoms with Crippen LogP contribution in [0.2, 0.25) is 5.02 Å². The number of carbonyl (C=O) groups is 1. The van der Waals surface area contributed by atoms with E-state index in [0.29, 0.717) is 17.4 Å². The molecule has 0 radical (unpaired) electrons. The molecule has 0 saturated carbocycles. The van der Waals surface area contributed by atoms with Gasteiger partial charge in [0.05, 0.1) is 12.8 Å². The molecule has 0 saturated heterocycles. The smallest absolute Gasteiger partial charge is 0.277 e. The summed E-state index contributed by atoms with van der Waals surface area (Å²) in [6, 6.07) is 14.2. The SMILES string of the molecule is CCOc1ccc(OCC(=O)N/N=C\c2ccc(Cl)cc2)cc1. The highest BCUT2D eigenvalue weighted by molar-refractivity contribution is 6.30. The van der Waals surface area contributed by atoms with Gasteiger partial charge < -0.3 is 9.47 Å². The van der Waals surface area contributed by atoms with Crippen LogP contribution in [0.15, 0.2) is 53.6 Å². The maximum atomic E-state index is 11.6. The first-order chi connectivity index (χ1) is 11.2. The molecule has 1 amide bonds. The first kappa shape index (κ1) is 16.8. The van der Waals surface area contributed by atoms with Gasteiger partial charge in [-0.25, -0.2) is 5.43 Å². The average molecular weight is 333 g/mol. The second-order valence-corrected chi connectivity index (χ2v) is 4.97. The zero-order chi connectivity index (χ0) is 16.5. The van der Waals surface area contributed by atoms with Crippen LogP contribution < -0.4 is 14.9 Å². The normalized spacial score (nSPS) is 10.5. The number of carbonyl (C=O) groups excluding carboxylic acids is 1. The average Bonchev–Trinajstić information content (AvgIpc) is 2.56. The molecule has 0 aliphatic heterocycles. The summed E-state index contributed by atoms with van der Waals surface area (Å²) in [5, 5.41) is 4.50. The predicted molar refractivity (Wildman–Crippen MR) is 90.3 cm³/mol. The third kappa shape index (κ3) is 6.00. The fourth-order valence-electron chi connectivity index (χ4n) is 1.71. The maximum absolute atomic E-state index is 11.6. The van der Waals surface area contributed by atoms with E-state index in [9.17, 15) is 4.79 Å². The zero-order valence-corrected chi connectivity index (χ0v) is 13.4. The Morgan fingerprint density at radius 1 is 1.09 bits per heavy atom. The molecule has 0 atom stereocenters. The van der Waals surface area contributed by atoms with Gasteiger partial charge in [-0.05, 0) is 48.9 Å². The second-order valence-electron chi connectivity index (χ2n) is 4.54. The van der Waals surface area contributed by atoms with Gasteiger partial charge in [-0.15, -0.1) is 0 Å². The van der Waals surface area contributed by atoms with Crippen molar-refractivity contribution in [2.45, 2.75) is 6.92 Å². The van der Waals surface area contributed by atoms with Gasteiger partial charge in [0.2, 0.25) is 0 Å². The van der Waals surface area contributed by atoms with Crippen LogP contribution in [0.25, 0.3) is 0 Å². The quantitative estimate of drug-likeness (QED) is 0.625. The molecule has 0 aromatic heterocycles. The van der Waals surface area contributed by atoms with Crippen molar-refractivity contribution in [3.05, 3.63) is 59.1 Å². The summed E-state index contributed by atoms with van der Waals surface area (Å²) in [7, 11) is 0. The minimum Gasteiger partial charge on any atom is -0.494 e. The summed E-state index contributed by atoms with van der Waals surface area (Å²) in [5.41, 5.74) is 3.23. The molecule has 0 heterocycles. The van der Waals surface area contributed by atoms with Crippen molar-refractivity contribution in [3.8, 4) is 11.5 Å². The third-order valence-corrected chi connectivity index (χ3v) is 3.03. The van der Waals surface area contributed by atoms with Crippen molar-refractivity contribution < 1.29 is 14.3 Å². The van der Waals surface area contributed by atoms with Crippen LogP contribution in [0.1, 0.15) is 12.5 Å². The van der Waals surface area contributed by atoms with Crippen molar-refractivity contribution >= 4 is 23.7 Å². The minimum absolute atomic E-state index is 0.119. The number of nitrogens with one attached hydrogen (secondary N) is 1. The lowest BCUT2D eigenvalue weighted by atomic mass is 10.2. The summed E-state index contributed by atoms with van der Waals surface area (Å²) in [6.45, 7) is 2.40. The topological polar surface area (TPSA) is 59.9 Å². The zero-order valence-electron chi connectivity index (χ0n) is 12.7. The monoisotopic (exact) mass is 332 g/mol. The van der Waals surface area contributed by atoms with E-state index in [1.165, 1.54) is 6.21 Å². The van der Waals surface area contributed by atoms with Gasteiger partial charge >= 0.3 is 0 Å². The number of nitrogens with zero attached hydrogens (tertiary/aromatic N) is 1. The highest BCUT2D eigenvalue weighted by atomic mass is 35.5. The van der Waals surface area contributed by atoms with Crippen LogP contribution in [0.4, 0.5) is 0 Å². The van der Waals surface area contributed by atoms with Crippen LogP contribution in [0.3, 0.4) is 0 Å². The Morgan fingerprint density at radius 3 is 2.30 bits per heavy atom. The van der Waals surface area contributed by atoms with Crippen molar-refractivity contribution in [3.63, 3.8) is 0 Å². The Bertz CT molecular complexity index is 655. The molecule has 2 rings (SSSR count). The molecule has 0 aliphatic rings. The lowest BCUT2D eigenvalue weighted by Gasteiger charge is -2.06. The van der Waals surface area contributed by atoms with Crippen molar-refractivity contribution in [1.82, 2.24) is 5.43 Å². The molecule has 2 aromatic rings. The van der Waals surface area contributed by atoms with Gasteiger partial charge in [-0.2, -0.15) is 5.10 Å².